The Kier molecular flexibility index (Phi) is 7.80. The summed E-state index contributed by atoms with van der Waals surface area (Å²) in [6, 6.07) is 7.81. The molecule has 0 aliphatic rings. The first-order chi connectivity index (χ1) is 11.9. The number of benzene rings is 2. The van der Waals surface area contributed by atoms with E-state index < -0.39 is 10.8 Å². The van der Waals surface area contributed by atoms with Gasteiger partial charge in [-0.15, -0.1) is 0 Å². The number of hydrogen-bond donors (Lipinski definition) is 3. The number of amides is 1. The zero-order valence-electron chi connectivity index (χ0n) is 12.8. The fourth-order valence-electron chi connectivity index (χ4n) is 1.64. The molecule has 0 bridgehead atoms. The van der Waals surface area contributed by atoms with Gasteiger partial charge >= 0.3 is 0 Å². The minimum atomic E-state index is -0.566. The van der Waals surface area contributed by atoms with Gasteiger partial charge in [0.1, 0.15) is 5.75 Å². The summed E-state index contributed by atoms with van der Waals surface area (Å²) in [6.45, 7) is 0. The zero-order chi connectivity index (χ0) is 19.0. The van der Waals surface area contributed by atoms with Crippen molar-refractivity contribution in [2.24, 2.45) is 5.10 Å². The number of phenols is 1. The van der Waals surface area contributed by atoms with E-state index in [9.17, 15) is 20.0 Å². The minimum Gasteiger partial charge on any atom is -0.506 e. The summed E-state index contributed by atoms with van der Waals surface area (Å²) >= 11 is 11.6. The van der Waals surface area contributed by atoms with Gasteiger partial charge in [0.2, 0.25) is 0 Å². The van der Waals surface area contributed by atoms with E-state index in [1.807, 2.05) is 0 Å². The molecule has 2 aromatic carbocycles. The first-order valence-electron chi connectivity index (χ1n) is 6.59. The maximum absolute atomic E-state index is 11.8. The summed E-state index contributed by atoms with van der Waals surface area (Å²) in [5.74, 6) is -0.784. The summed E-state index contributed by atoms with van der Waals surface area (Å²) in [5, 5.41) is 31.3. The fraction of sp³-hybridized carbons (Fsp3) is 0.0667. The van der Waals surface area contributed by atoms with Crippen LogP contribution in [0.5, 0.6) is 5.75 Å². The molecule has 0 fully saturated rings. The van der Waals surface area contributed by atoms with Gasteiger partial charge in [0.15, 0.2) is 0 Å². The SMILES string of the molecule is CO.O=C(N/N=C/c1cc(Cl)cc(Cl)c1O)c1ccc([N+](=O)[O-])cc1. The number of rotatable bonds is 4. The van der Waals surface area contributed by atoms with Crippen molar-refractivity contribution in [2.45, 2.75) is 0 Å². The van der Waals surface area contributed by atoms with E-state index in [1.54, 1.807) is 0 Å². The van der Waals surface area contributed by atoms with Crippen LogP contribution in [0.3, 0.4) is 0 Å². The molecule has 0 heterocycles. The number of non-ortho nitro benzene ring substituents is 1. The molecule has 8 nitrogen and oxygen atoms in total. The van der Waals surface area contributed by atoms with Crippen molar-refractivity contribution >= 4 is 41.0 Å². The number of nitrogens with zero attached hydrogens (tertiary/aromatic N) is 2. The summed E-state index contributed by atoms with van der Waals surface area (Å²) in [6.07, 6.45) is 1.18. The molecule has 0 saturated heterocycles. The smallest absolute Gasteiger partial charge is 0.271 e. The molecular weight excluding hydrogens is 373 g/mol. The summed E-state index contributed by atoms with van der Waals surface area (Å²) in [4.78, 5) is 21.8. The molecule has 132 valence electrons. The van der Waals surface area contributed by atoms with Crippen LogP contribution in [0.2, 0.25) is 10.0 Å². The second-order valence-corrected chi connectivity index (χ2v) is 5.17. The molecule has 2 aromatic rings. The number of nitrogens with one attached hydrogen (secondary N) is 1. The number of carbonyl (C=O) groups excluding carboxylic acids is 1. The molecule has 0 atom stereocenters. The number of aliphatic hydroxyl groups excluding tert-OH is 1. The minimum absolute atomic E-state index is 0.0562. The second-order valence-electron chi connectivity index (χ2n) is 4.33. The van der Waals surface area contributed by atoms with Crippen LogP contribution in [0.1, 0.15) is 15.9 Å². The van der Waals surface area contributed by atoms with Gasteiger partial charge in [0.25, 0.3) is 11.6 Å². The number of aromatic hydroxyl groups is 1. The van der Waals surface area contributed by atoms with Crippen LogP contribution >= 0.6 is 23.2 Å². The fourth-order valence-corrected chi connectivity index (χ4v) is 2.15. The quantitative estimate of drug-likeness (QED) is 0.423. The number of carbonyl (C=O) groups is 1. The normalized spacial score (nSPS) is 10.1. The van der Waals surface area contributed by atoms with E-state index in [0.717, 1.165) is 7.11 Å². The van der Waals surface area contributed by atoms with E-state index in [0.29, 0.717) is 5.02 Å². The topological polar surface area (TPSA) is 125 Å². The van der Waals surface area contributed by atoms with Crippen molar-refractivity contribution < 1.29 is 19.9 Å². The van der Waals surface area contributed by atoms with Crippen molar-refractivity contribution in [1.82, 2.24) is 5.43 Å². The molecule has 25 heavy (non-hydrogen) atoms. The lowest BCUT2D eigenvalue weighted by molar-refractivity contribution is -0.384. The Morgan fingerprint density at radius 3 is 2.40 bits per heavy atom. The molecule has 0 radical (unpaired) electrons. The van der Waals surface area contributed by atoms with Crippen LogP contribution in [0.25, 0.3) is 0 Å². The highest BCUT2D eigenvalue weighted by Gasteiger charge is 2.09. The van der Waals surface area contributed by atoms with E-state index in [-0.39, 0.29) is 27.6 Å². The van der Waals surface area contributed by atoms with Gasteiger partial charge in [0, 0.05) is 35.4 Å². The van der Waals surface area contributed by atoms with Crippen molar-refractivity contribution in [3.63, 3.8) is 0 Å². The third-order valence-corrected chi connectivity index (χ3v) is 3.27. The Bertz CT molecular complexity index is 794. The standard InChI is InChI=1S/C14H9Cl2N3O4.CH4O/c15-10-5-9(13(20)12(16)6-10)7-17-18-14(21)8-1-3-11(4-2-8)19(22)23;1-2/h1-7,20H,(H,18,21);2H,1H3/b17-7+;. The van der Waals surface area contributed by atoms with Gasteiger partial charge in [-0.2, -0.15) is 5.10 Å². The molecular formula is C15H13Cl2N3O5. The molecule has 2 rings (SSSR count). The van der Waals surface area contributed by atoms with E-state index in [1.165, 1.54) is 42.6 Å². The number of nitro groups is 1. The molecule has 0 aromatic heterocycles. The van der Waals surface area contributed by atoms with Gasteiger partial charge in [-0.25, -0.2) is 5.43 Å². The number of hydrazone groups is 1. The third kappa shape index (κ3) is 5.71. The summed E-state index contributed by atoms with van der Waals surface area (Å²) in [5.41, 5.74) is 2.53. The Morgan fingerprint density at radius 1 is 1.24 bits per heavy atom. The number of halogens is 2. The molecule has 3 N–H and O–H groups in total. The average Bonchev–Trinajstić information content (AvgIpc) is 2.60. The van der Waals surface area contributed by atoms with E-state index >= 15 is 0 Å². The molecule has 10 heteroatoms. The molecule has 0 aliphatic carbocycles. The Balaban J connectivity index is 0.00000151. The molecule has 0 aliphatic heterocycles. The largest absolute Gasteiger partial charge is 0.506 e. The number of nitro benzene ring substituents is 1. The third-order valence-electron chi connectivity index (χ3n) is 2.77. The van der Waals surface area contributed by atoms with Crippen LogP contribution in [-0.2, 0) is 0 Å². The highest BCUT2D eigenvalue weighted by molar-refractivity contribution is 6.36. The van der Waals surface area contributed by atoms with Gasteiger partial charge in [-0.1, -0.05) is 23.2 Å². The lowest BCUT2D eigenvalue weighted by Gasteiger charge is -2.03. The summed E-state index contributed by atoms with van der Waals surface area (Å²) < 4.78 is 0. The van der Waals surface area contributed by atoms with E-state index in [4.69, 9.17) is 28.3 Å². The van der Waals surface area contributed by atoms with Gasteiger partial charge in [-0.05, 0) is 24.3 Å². The van der Waals surface area contributed by atoms with E-state index in [2.05, 4.69) is 10.5 Å². The van der Waals surface area contributed by atoms with Gasteiger partial charge < -0.3 is 10.2 Å². The predicted octanol–water partition coefficient (Wildman–Crippen LogP) is 2.98. The van der Waals surface area contributed by atoms with Crippen LogP contribution in [0, 0.1) is 10.1 Å². The lowest BCUT2D eigenvalue weighted by Crippen LogP contribution is -2.17. The molecule has 0 unspecified atom stereocenters. The Morgan fingerprint density at radius 2 is 1.84 bits per heavy atom. The average molecular weight is 386 g/mol. The van der Waals surface area contributed by atoms with Crippen molar-refractivity contribution in [3.05, 3.63) is 67.7 Å². The van der Waals surface area contributed by atoms with Crippen molar-refractivity contribution in [1.29, 1.82) is 0 Å². The van der Waals surface area contributed by atoms with Crippen molar-refractivity contribution in [2.75, 3.05) is 7.11 Å². The maximum atomic E-state index is 11.8. The first kappa shape index (κ1) is 20.4. The highest BCUT2D eigenvalue weighted by atomic mass is 35.5. The molecule has 1 amide bonds. The zero-order valence-corrected chi connectivity index (χ0v) is 14.3. The Labute approximate surface area is 152 Å². The van der Waals surface area contributed by atoms with Crippen LogP contribution in [0.4, 0.5) is 5.69 Å². The van der Waals surface area contributed by atoms with Crippen LogP contribution < -0.4 is 5.43 Å². The highest BCUT2D eigenvalue weighted by Crippen LogP contribution is 2.29. The predicted molar refractivity (Wildman–Crippen MR) is 94.4 cm³/mol. The molecule has 0 saturated carbocycles. The monoisotopic (exact) mass is 385 g/mol. The van der Waals surface area contributed by atoms with Crippen LogP contribution in [-0.4, -0.2) is 34.4 Å². The Hall–Kier alpha value is -2.68. The number of aliphatic hydroxyl groups is 1. The first-order valence-corrected chi connectivity index (χ1v) is 7.34. The second kappa shape index (κ2) is 9.58. The molecule has 0 spiro atoms. The summed E-state index contributed by atoms with van der Waals surface area (Å²) in [7, 11) is 1.00. The van der Waals surface area contributed by atoms with Gasteiger partial charge in [-0.3, -0.25) is 14.9 Å². The lowest BCUT2D eigenvalue weighted by atomic mass is 10.2. The van der Waals surface area contributed by atoms with Gasteiger partial charge in [0.05, 0.1) is 16.2 Å². The van der Waals surface area contributed by atoms with Crippen LogP contribution in [0.15, 0.2) is 41.5 Å². The maximum Gasteiger partial charge on any atom is 0.271 e. The van der Waals surface area contributed by atoms with Crippen molar-refractivity contribution in [3.8, 4) is 5.75 Å². The number of phenolic OH excluding ortho intramolecular Hbond substituents is 1. The number of hydrogen-bond acceptors (Lipinski definition) is 6.